The maximum atomic E-state index is 4.84. The van der Waals surface area contributed by atoms with Gasteiger partial charge in [-0.1, -0.05) is 29.8 Å². The summed E-state index contributed by atoms with van der Waals surface area (Å²) >= 11 is 5.32. The fraction of sp³-hybridized carbons (Fsp3) is 0.615. The third-order valence-electron chi connectivity index (χ3n) is 3.29. The molecule has 0 N–H and O–H groups in total. The predicted octanol–water partition coefficient (Wildman–Crippen LogP) is 3.92. The summed E-state index contributed by atoms with van der Waals surface area (Å²) in [5.41, 5.74) is 1.29. The molecule has 2 aromatic heterocycles. The van der Waals surface area contributed by atoms with Crippen LogP contribution in [0.3, 0.4) is 0 Å². The van der Waals surface area contributed by atoms with Gasteiger partial charge >= 0.3 is 0 Å². The zero-order chi connectivity index (χ0) is 12.7. The Kier molecular flexibility index (Phi) is 3.36. The van der Waals surface area contributed by atoms with Crippen molar-refractivity contribution >= 4 is 38.0 Å². The number of rotatable bonds is 5. The molecule has 0 aromatic carbocycles. The van der Waals surface area contributed by atoms with Crippen molar-refractivity contribution in [3.05, 3.63) is 17.3 Å². The van der Waals surface area contributed by atoms with Crippen LogP contribution in [0.1, 0.15) is 32.4 Å². The number of nitrogens with zero attached hydrogens (tertiary/aromatic N) is 3. The minimum Gasteiger partial charge on any atom is -0.352 e. The van der Waals surface area contributed by atoms with E-state index in [1.807, 2.05) is 0 Å². The number of thiazole rings is 1. The molecule has 0 unspecified atom stereocenters. The van der Waals surface area contributed by atoms with Gasteiger partial charge in [-0.05, 0) is 18.8 Å². The van der Waals surface area contributed by atoms with Gasteiger partial charge in [-0.15, -0.1) is 11.3 Å². The lowest BCUT2D eigenvalue weighted by Crippen LogP contribution is -2.30. The van der Waals surface area contributed by atoms with Crippen LogP contribution in [0, 0.1) is 5.92 Å². The molecule has 0 amide bonds. The number of alkyl halides is 1. The highest BCUT2D eigenvalue weighted by atomic mass is 79.9. The second kappa shape index (κ2) is 4.85. The lowest BCUT2D eigenvalue weighted by Gasteiger charge is -2.25. The molecule has 3 nitrogen and oxygen atoms in total. The van der Waals surface area contributed by atoms with E-state index in [0.717, 1.165) is 22.9 Å². The summed E-state index contributed by atoms with van der Waals surface area (Å²) in [7, 11) is 0. The van der Waals surface area contributed by atoms with E-state index in [-0.39, 0.29) is 0 Å². The van der Waals surface area contributed by atoms with E-state index < -0.39 is 0 Å². The molecule has 0 bridgehead atoms. The molecule has 0 spiro atoms. The van der Waals surface area contributed by atoms with Crippen LogP contribution in [-0.2, 0) is 5.33 Å². The first-order valence-corrected chi connectivity index (χ1v) is 8.48. The SMILES string of the molecule is CC(C)CN(c1nc2sccn2c1CBr)C1CC1. The van der Waals surface area contributed by atoms with E-state index in [2.05, 4.69) is 50.7 Å². The fourth-order valence-electron chi connectivity index (χ4n) is 2.36. The Bertz CT molecular complexity index is 541. The minimum atomic E-state index is 0.675. The number of fused-ring (bicyclic) bond motifs is 1. The van der Waals surface area contributed by atoms with Crippen molar-refractivity contribution in [2.24, 2.45) is 5.92 Å². The van der Waals surface area contributed by atoms with Gasteiger partial charge in [-0.3, -0.25) is 4.40 Å². The molecule has 1 saturated carbocycles. The lowest BCUT2D eigenvalue weighted by atomic mass is 10.2. The van der Waals surface area contributed by atoms with Gasteiger partial charge in [-0.25, -0.2) is 4.98 Å². The van der Waals surface area contributed by atoms with Gasteiger partial charge in [0.25, 0.3) is 0 Å². The Morgan fingerprint density at radius 1 is 1.56 bits per heavy atom. The first-order chi connectivity index (χ1) is 8.70. The molecular formula is C13H18BrN3S. The smallest absolute Gasteiger partial charge is 0.195 e. The molecule has 0 atom stereocenters. The molecule has 98 valence electrons. The third kappa shape index (κ3) is 2.18. The topological polar surface area (TPSA) is 20.5 Å². The molecule has 1 aliphatic rings. The fourth-order valence-corrected chi connectivity index (χ4v) is 3.61. The summed E-state index contributed by atoms with van der Waals surface area (Å²) in [6, 6.07) is 0.717. The van der Waals surface area contributed by atoms with Gasteiger partial charge in [-0.2, -0.15) is 0 Å². The molecule has 0 radical (unpaired) electrons. The first kappa shape index (κ1) is 12.5. The van der Waals surface area contributed by atoms with Crippen molar-refractivity contribution in [3.63, 3.8) is 0 Å². The maximum absolute atomic E-state index is 4.84. The van der Waals surface area contributed by atoms with Crippen LogP contribution in [0.2, 0.25) is 0 Å². The molecule has 2 aromatic rings. The summed E-state index contributed by atoms with van der Waals surface area (Å²) in [5, 5.41) is 2.96. The van der Waals surface area contributed by atoms with Crippen molar-refractivity contribution in [2.75, 3.05) is 11.4 Å². The quantitative estimate of drug-likeness (QED) is 0.776. The Balaban J connectivity index is 2.01. The monoisotopic (exact) mass is 327 g/mol. The number of aromatic nitrogens is 2. The lowest BCUT2D eigenvalue weighted by molar-refractivity contribution is 0.602. The van der Waals surface area contributed by atoms with Gasteiger partial charge in [0.05, 0.1) is 5.69 Å². The van der Waals surface area contributed by atoms with Crippen LogP contribution in [0.5, 0.6) is 0 Å². The number of hydrogen-bond acceptors (Lipinski definition) is 3. The molecule has 1 fully saturated rings. The largest absolute Gasteiger partial charge is 0.352 e. The molecule has 3 rings (SSSR count). The molecule has 18 heavy (non-hydrogen) atoms. The van der Waals surface area contributed by atoms with E-state index in [1.165, 1.54) is 24.4 Å². The van der Waals surface area contributed by atoms with Crippen LogP contribution in [0.4, 0.5) is 5.82 Å². The average molecular weight is 328 g/mol. The molecular weight excluding hydrogens is 310 g/mol. The van der Waals surface area contributed by atoms with Crippen LogP contribution in [0.25, 0.3) is 4.96 Å². The number of hydrogen-bond donors (Lipinski definition) is 0. The predicted molar refractivity (Wildman–Crippen MR) is 80.9 cm³/mol. The molecule has 0 aliphatic heterocycles. The Hall–Kier alpha value is -0.550. The highest BCUT2D eigenvalue weighted by Crippen LogP contribution is 2.35. The van der Waals surface area contributed by atoms with Crippen molar-refractivity contribution in [3.8, 4) is 0 Å². The zero-order valence-electron chi connectivity index (χ0n) is 10.8. The second-order valence-electron chi connectivity index (χ2n) is 5.35. The van der Waals surface area contributed by atoms with Crippen molar-refractivity contribution in [1.82, 2.24) is 9.38 Å². The van der Waals surface area contributed by atoms with E-state index in [0.29, 0.717) is 5.92 Å². The highest BCUT2D eigenvalue weighted by Gasteiger charge is 2.32. The number of anilines is 1. The summed E-state index contributed by atoms with van der Waals surface area (Å²) in [6.07, 6.45) is 4.76. The Morgan fingerprint density at radius 3 is 2.94 bits per heavy atom. The summed E-state index contributed by atoms with van der Waals surface area (Å²) < 4.78 is 2.21. The number of halogens is 1. The van der Waals surface area contributed by atoms with Crippen molar-refractivity contribution < 1.29 is 0 Å². The first-order valence-electron chi connectivity index (χ1n) is 6.47. The van der Waals surface area contributed by atoms with E-state index in [1.54, 1.807) is 11.3 Å². The standard InChI is InChI=1S/C13H18BrN3S/c1-9(2)8-17(10-3-4-10)12-11(7-14)16-5-6-18-13(16)15-12/h5-6,9-10H,3-4,7-8H2,1-2H3. The van der Waals surface area contributed by atoms with Crippen molar-refractivity contribution in [2.45, 2.75) is 38.1 Å². The Labute approximate surface area is 120 Å². The van der Waals surface area contributed by atoms with Gasteiger partial charge in [0.2, 0.25) is 0 Å². The molecule has 0 saturated heterocycles. The molecule has 5 heteroatoms. The molecule has 1 aliphatic carbocycles. The minimum absolute atomic E-state index is 0.675. The van der Waals surface area contributed by atoms with Crippen LogP contribution in [0.15, 0.2) is 11.6 Å². The van der Waals surface area contributed by atoms with Gasteiger partial charge in [0.1, 0.15) is 0 Å². The normalized spacial score (nSPS) is 15.8. The average Bonchev–Trinajstić information content (AvgIpc) is 2.96. The number of imidazole rings is 1. The summed E-state index contributed by atoms with van der Waals surface area (Å²) in [4.78, 5) is 8.46. The summed E-state index contributed by atoms with van der Waals surface area (Å²) in [6.45, 7) is 5.67. The van der Waals surface area contributed by atoms with Crippen LogP contribution in [-0.4, -0.2) is 22.0 Å². The van der Waals surface area contributed by atoms with Gasteiger partial charge < -0.3 is 4.90 Å². The van der Waals surface area contributed by atoms with E-state index in [9.17, 15) is 0 Å². The van der Waals surface area contributed by atoms with E-state index >= 15 is 0 Å². The van der Waals surface area contributed by atoms with Crippen LogP contribution >= 0.6 is 27.3 Å². The zero-order valence-corrected chi connectivity index (χ0v) is 13.2. The second-order valence-corrected chi connectivity index (χ2v) is 6.78. The summed E-state index contributed by atoms with van der Waals surface area (Å²) in [5.74, 6) is 1.86. The third-order valence-corrected chi connectivity index (χ3v) is 4.58. The van der Waals surface area contributed by atoms with E-state index in [4.69, 9.17) is 4.98 Å². The highest BCUT2D eigenvalue weighted by molar-refractivity contribution is 9.08. The van der Waals surface area contributed by atoms with Crippen LogP contribution < -0.4 is 4.90 Å². The van der Waals surface area contributed by atoms with Crippen molar-refractivity contribution in [1.29, 1.82) is 0 Å². The maximum Gasteiger partial charge on any atom is 0.195 e. The Morgan fingerprint density at radius 2 is 2.33 bits per heavy atom. The molecule has 2 heterocycles. The van der Waals surface area contributed by atoms with Gasteiger partial charge in [0.15, 0.2) is 10.8 Å². The van der Waals surface area contributed by atoms with Gasteiger partial charge in [0, 0.05) is 29.5 Å².